The van der Waals surface area contributed by atoms with Gasteiger partial charge in [-0.1, -0.05) is 70.1 Å². The number of aliphatic hydroxyl groups excluding tert-OH is 3. The van der Waals surface area contributed by atoms with Crippen molar-refractivity contribution < 1.29 is 52.7 Å². The predicted molar refractivity (Wildman–Crippen MR) is 371 cm³/mol. The lowest BCUT2D eigenvalue weighted by Crippen LogP contribution is -2.43. The van der Waals surface area contributed by atoms with E-state index in [0.29, 0.717) is 118 Å². The van der Waals surface area contributed by atoms with E-state index in [1.807, 2.05) is 95.0 Å². The highest BCUT2D eigenvalue weighted by molar-refractivity contribution is 5.83. The molecule has 101 heavy (non-hydrogen) atoms. The molecular formula is C78H80N12O11. The minimum absolute atomic E-state index is 0.0200. The number of nitriles is 3. The Bertz CT molecular complexity index is 4730. The first-order valence-corrected chi connectivity index (χ1v) is 34.6. The molecule has 0 bridgehead atoms. The van der Waals surface area contributed by atoms with Gasteiger partial charge in [-0.2, -0.15) is 30.7 Å². The van der Waals surface area contributed by atoms with Crippen LogP contribution in [-0.2, 0) is 45.3 Å². The molecule has 6 aromatic carbocycles. The van der Waals surface area contributed by atoms with E-state index in [4.69, 9.17) is 27.8 Å². The highest BCUT2D eigenvalue weighted by Gasteiger charge is 2.51. The normalized spacial score (nSPS) is 20.0. The van der Waals surface area contributed by atoms with Gasteiger partial charge in [0.2, 0.25) is 29.3 Å². The minimum atomic E-state index is -0.369. The number of β-amino-alcohol motifs (C(OH)–C–C–N with tert-alkyl or cyclic N) is 2. The van der Waals surface area contributed by atoms with Crippen molar-refractivity contribution in [1.29, 1.82) is 15.8 Å². The van der Waals surface area contributed by atoms with Gasteiger partial charge in [0.1, 0.15) is 35.5 Å². The van der Waals surface area contributed by atoms with Gasteiger partial charge in [0.25, 0.3) is 17.7 Å². The summed E-state index contributed by atoms with van der Waals surface area (Å²) in [5.41, 5.74) is 12.4. The van der Waals surface area contributed by atoms with Crippen LogP contribution in [0.2, 0.25) is 0 Å². The summed E-state index contributed by atoms with van der Waals surface area (Å²) in [6.07, 6.45) is 9.94. The van der Waals surface area contributed by atoms with Crippen LogP contribution in [0.15, 0.2) is 123 Å². The SMILES string of the molecule is CC(C)Oc1ccc(-c2nc(-c3cccc4c3CCC43CCC(=O)N3CCO)no2)cc1C#N.CC(C)Oc1ccc(-c2nc(-c3cccc4c3CCC43CCC(CO)N3)no2)cc1C#N.CC(C)Oc1ccc(-c2nc(-c3cccc4c3CCCC43CC(=O)N(CCO)C3)no2)cc1C#N. The summed E-state index contributed by atoms with van der Waals surface area (Å²) in [6, 6.07) is 40.8. The number of benzene rings is 6. The van der Waals surface area contributed by atoms with Crippen molar-refractivity contribution in [1.82, 2.24) is 45.5 Å². The Labute approximate surface area is 585 Å². The Morgan fingerprint density at radius 3 is 1.47 bits per heavy atom. The third-order valence-electron chi connectivity index (χ3n) is 20.1. The molecule has 4 unspecified atom stereocenters. The van der Waals surface area contributed by atoms with E-state index in [1.165, 1.54) is 16.7 Å². The van der Waals surface area contributed by atoms with Crippen LogP contribution in [0, 0.1) is 34.0 Å². The second kappa shape index (κ2) is 28.9. The van der Waals surface area contributed by atoms with Crippen molar-refractivity contribution in [3.05, 3.63) is 159 Å². The average molecular weight is 1360 g/mol. The number of carbonyl (C=O) groups is 2. The molecular weight excluding hydrogens is 1280 g/mol. The van der Waals surface area contributed by atoms with Gasteiger partial charge in [0.05, 0.1) is 60.4 Å². The maximum absolute atomic E-state index is 12.6. The molecule has 6 heterocycles. The number of fused-ring (bicyclic) bond motifs is 6. The van der Waals surface area contributed by atoms with Crippen molar-refractivity contribution in [2.45, 2.75) is 159 Å². The Morgan fingerprint density at radius 1 is 0.545 bits per heavy atom. The number of rotatable bonds is 17. The van der Waals surface area contributed by atoms with Crippen LogP contribution in [0.5, 0.6) is 17.2 Å². The van der Waals surface area contributed by atoms with Gasteiger partial charge in [-0.25, -0.2) is 0 Å². The largest absolute Gasteiger partial charge is 0.490 e. The molecule has 518 valence electrons. The smallest absolute Gasteiger partial charge is 0.258 e. The molecule has 9 aromatic rings. The summed E-state index contributed by atoms with van der Waals surface area (Å²) in [5, 5.41) is 73.4. The lowest BCUT2D eigenvalue weighted by atomic mass is 9.68. The summed E-state index contributed by atoms with van der Waals surface area (Å²) >= 11 is 0. The van der Waals surface area contributed by atoms with Crippen LogP contribution in [0.1, 0.15) is 149 Å². The standard InChI is InChI=1S/C27H28N4O4.C26H26N4O4.C25H26N4O3/c1-17(2)34-23-9-8-18(13-19(23)15-28)26-29-25(30-35-26)21-5-3-7-22-20(21)6-4-10-27(22)14-24(33)31(16-27)11-12-32;1-16(2)33-22-7-6-17(14-18(22)15-27)25-28-24(29-34-25)20-4-3-5-21-19(20)8-10-26(21)11-9-23(32)30(26)12-13-31;1-15(2)31-22-7-6-16(12-17(22)13-26)24-27-23(29-32-24)20-4-3-5-21-19(20)9-11-25(21)10-8-18(14-30)28-25/h3,5,7-9,13,17,32H,4,6,10-12,14,16H2,1-2H3;3-7,14,16,31H,8-13H2,1-2H3;3-7,12,15,18,28,30H,8-11,14H2,1-2H3. The molecule has 3 aliphatic heterocycles. The van der Waals surface area contributed by atoms with Crippen LogP contribution < -0.4 is 19.5 Å². The van der Waals surface area contributed by atoms with Gasteiger partial charge in [0.15, 0.2) is 0 Å². The Balaban J connectivity index is 0.000000136. The Kier molecular flexibility index (Phi) is 19.7. The van der Waals surface area contributed by atoms with E-state index in [0.717, 1.165) is 97.6 Å². The van der Waals surface area contributed by atoms with Crippen molar-refractivity contribution in [2.75, 3.05) is 39.5 Å². The van der Waals surface area contributed by atoms with Gasteiger partial charge >= 0.3 is 0 Å². The number of hydrogen-bond acceptors (Lipinski definition) is 21. The molecule has 3 aromatic heterocycles. The summed E-state index contributed by atoms with van der Waals surface area (Å²) < 4.78 is 33.9. The van der Waals surface area contributed by atoms with E-state index in [2.05, 4.69) is 72.1 Å². The lowest BCUT2D eigenvalue weighted by Gasteiger charge is -2.36. The number of hydrogen-bond donors (Lipinski definition) is 4. The lowest BCUT2D eigenvalue weighted by molar-refractivity contribution is -0.132. The molecule has 15 rings (SSSR count). The van der Waals surface area contributed by atoms with Crippen molar-refractivity contribution in [2.24, 2.45) is 0 Å². The summed E-state index contributed by atoms with van der Waals surface area (Å²) in [4.78, 5) is 42.7. The summed E-state index contributed by atoms with van der Waals surface area (Å²) in [7, 11) is 0. The first kappa shape index (κ1) is 68.9. The third kappa shape index (κ3) is 13.4. The number of nitrogens with one attached hydrogen (secondary N) is 1. The zero-order valence-electron chi connectivity index (χ0n) is 57.5. The molecule has 3 aliphatic carbocycles. The predicted octanol–water partition coefficient (Wildman–Crippen LogP) is 11.6. The van der Waals surface area contributed by atoms with E-state index < -0.39 is 0 Å². The molecule has 4 N–H and O–H groups in total. The van der Waals surface area contributed by atoms with Gasteiger partial charge < -0.3 is 58.2 Å². The number of aliphatic hydroxyl groups is 3. The monoisotopic (exact) mass is 1360 g/mol. The molecule has 23 nitrogen and oxygen atoms in total. The zero-order valence-corrected chi connectivity index (χ0v) is 57.5. The highest BCUT2D eigenvalue weighted by atomic mass is 16.5. The summed E-state index contributed by atoms with van der Waals surface area (Å²) in [6.45, 7) is 12.9. The number of likely N-dealkylation sites (tertiary alicyclic amines) is 2. The van der Waals surface area contributed by atoms with E-state index in [1.54, 1.807) is 47.4 Å². The molecule has 0 saturated carbocycles. The van der Waals surface area contributed by atoms with E-state index in [-0.39, 0.29) is 72.5 Å². The molecule has 3 spiro atoms. The van der Waals surface area contributed by atoms with E-state index in [9.17, 15) is 40.7 Å². The average Bonchev–Trinajstić information content (AvgIpc) is 1.58. The summed E-state index contributed by atoms with van der Waals surface area (Å²) in [5.74, 6) is 4.32. The molecule has 4 atom stereocenters. The maximum Gasteiger partial charge on any atom is 0.258 e. The van der Waals surface area contributed by atoms with Crippen LogP contribution in [0.3, 0.4) is 0 Å². The number of amides is 2. The fraction of sp³-hybridized carbons (Fsp3) is 0.397. The van der Waals surface area contributed by atoms with Crippen molar-refractivity contribution in [3.63, 3.8) is 0 Å². The topological polar surface area (TPSA) is 329 Å². The van der Waals surface area contributed by atoms with Gasteiger partial charge in [-0.15, -0.1) is 0 Å². The van der Waals surface area contributed by atoms with Crippen LogP contribution in [-0.4, -0.2) is 131 Å². The quantitative estimate of drug-likeness (QED) is 0.0658. The van der Waals surface area contributed by atoms with Gasteiger partial charge in [0, 0.05) is 82.9 Å². The Morgan fingerprint density at radius 2 is 1.00 bits per heavy atom. The number of nitrogens with zero attached hydrogens (tertiary/aromatic N) is 11. The van der Waals surface area contributed by atoms with Gasteiger partial charge in [-0.3, -0.25) is 9.59 Å². The first-order chi connectivity index (χ1) is 48.9. The third-order valence-corrected chi connectivity index (χ3v) is 20.1. The molecule has 6 aliphatic rings. The molecule has 3 fully saturated rings. The zero-order chi connectivity index (χ0) is 70.7. The fourth-order valence-electron chi connectivity index (χ4n) is 15.8. The van der Waals surface area contributed by atoms with Crippen molar-refractivity contribution >= 4 is 11.8 Å². The van der Waals surface area contributed by atoms with Crippen LogP contribution in [0.25, 0.3) is 68.5 Å². The maximum atomic E-state index is 12.6. The first-order valence-electron chi connectivity index (χ1n) is 34.6. The van der Waals surface area contributed by atoms with Gasteiger partial charge in [-0.05, 0) is 194 Å². The number of ether oxygens (including phenoxy) is 3. The molecule has 23 heteroatoms. The number of carbonyl (C=O) groups excluding carboxylic acids is 2. The fourth-order valence-corrected chi connectivity index (χ4v) is 15.8. The minimum Gasteiger partial charge on any atom is -0.490 e. The molecule has 2 amide bonds. The second-order valence-electron chi connectivity index (χ2n) is 27.5. The van der Waals surface area contributed by atoms with Crippen LogP contribution in [0.4, 0.5) is 0 Å². The number of aromatic nitrogens is 6. The second-order valence-corrected chi connectivity index (χ2v) is 27.5. The Hall–Kier alpha value is -10.6. The van der Waals surface area contributed by atoms with Crippen LogP contribution >= 0.6 is 0 Å². The van der Waals surface area contributed by atoms with E-state index >= 15 is 0 Å². The highest BCUT2D eigenvalue weighted by Crippen LogP contribution is 2.52. The molecule has 0 radical (unpaired) electrons. The van der Waals surface area contributed by atoms with Crippen molar-refractivity contribution in [3.8, 4) is 104 Å². The molecule has 3 saturated heterocycles.